The lowest BCUT2D eigenvalue weighted by molar-refractivity contribution is -0.132. The molecule has 0 radical (unpaired) electrons. The molecule has 2 aromatic heterocycles. The summed E-state index contributed by atoms with van der Waals surface area (Å²) in [7, 11) is 0. The number of rotatable bonds is 16. The van der Waals surface area contributed by atoms with E-state index in [0.29, 0.717) is 26.1 Å². The number of likely N-dealkylation sites (tertiary alicyclic amines) is 2. The molecule has 238 valence electrons. The van der Waals surface area contributed by atoms with Gasteiger partial charge in [0, 0.05) is 57.1 Å². The van der Waals surface area contributed by atoms with Gasteiger partial charge in [0.1, 0.15) is 0 Å². The van der Waals surface area contributed by atoms with E-state index >= 15 is 0 Å². The second-order valence-electron chi connectivity index (χ2n) is 12.6. The van der Waals surface area contributed by atoms with Crippen LogP contribution in [0.5, 0.6) is 0 Å². The summed E-state index contributed by atoms with van der Waals surface area (Å²) in [5.74, 6) is -1.06. The van der Waals surface area contributed by atoms with E-state index in [1.54, 1.807) is 23.3 Å². The van der Waals surface area contributed by atoms with Gasteiger partial charge < -0.3 is 20.2 Å². The minimum Gasteiger partial charge on any atom is -0.478 e. The quantitative estimate of drug-likeness (QED) is 0.268. The van der Waals surface area contributed by atoms with E-state index in [-0.39, 0.29) is 53.7 Å². The molecule has 2 aromatic rings. The molecule has 3 amide bonds. The van der Waals surface area contributed by atoms with Gasteiger partial charge in [0.25, 0.3) is 0 Å². The smallest absolute Gasteiger partial charge is 0.338 e. The Kier molecular flexibility index (Phi) is 11.0. The Morgan fingerprint density at radius 3 is 2.25 bits per heavy atom. The molecular formula is C33H46N6O5. The average Bonchev–Trinajstić information content (AvgIpc) is 3.62. The van der Waals surface area contributed by atoms with Gasteiger partial charge in [-0.05, 0) is 50.2 Å². The number of carboxylic acid groups (broad SMARTS) is 1. The van der Waals surface area contributed by atoms with Crippen LogP contribution < -0.4 is 5.32 Å². The van der Waals surface area contributed by atoms with Crippen LogP contribution in [0.3, 0.4) is 0 Å². The number of hydrogen-bond donors (Lipinski definition) is 2. The summed E-state index contributed by atoms with van der Waals surface area (Å²) in [6.07, 6.45) is 19.5. The van der Waals surface area contributed by atoms with Crippen LogP contribution in [0.25, 0.3) is 0 Å². The number of carbonyl (C=O) groups is 4. The van der Waals surface area contributed by atoms with Crippen molar-refractivity contribution in [2.75, 3.05) is 19.6 Å². The van der Waals surface area contributed by atoms with Gasteiger partial charge in [-0.1, -0.05) is 44.6 Å². The lowest BCUT2D eigenvalue weighted by Crippen LogP contribution is -2.39. The fraction of sp³-hybridized carbons (Fsp3) is 0.636. The van der Waals surface area contributed by atoms with Gasteiger partial charge in [0.05, 0.1) is 29.8 Å². The monoisotopic (exact) mass is 606 g/mol. The van der Waals surface area contributed by atoms with Crippen molar-refractivity contribution in [3.8, 4) is 0 Å². The van der Waals surface area contributed by atoms with Crippen LogP contribution in [0, 0.1) is 5.92 Å². The molecule has 0 unspecified atom stereocenters. The van der Waals surface area contributed by atoms with E-state index in [2.05, 4.69) is 15.4 Å². The summed E-state index contributed by atoms with van der Waals surface area (Å²) < 4.78 is 1.72. The predicted molar refractivity (Wildman–Crippen MR) is 164 cm³/mol. The molecule has 2 N–H and O–H groups in total. The van der Waals surface area contributed by atoms with Crippen molar-refractivity contribution in [1.82, 2.24) is 29.9 Å². The number of carbonyl (C=O) groups excluding carboxylic acids is 3. The summed E-state index contributed by atoms with van der Waals surface area (Å²) in [5, 5.41) is 16.4. The Balaban J connectivity index is 0.884. The Morgan fingerprint density at radius 1 is 0.909 bits per heavy atom. The number of carboxylic acids is 1. The Labute approximate surface area is 259 Å². The molecule has 2 aliphatic heterocycles. The number of amides is 3. The predicted octanol–water partition coefficient (Wildman–Crippen LogP) is 4.52. The van der Waals surface area contributed by atoms with Gasteiger partial charge in [-0.15, -0.1) is 0 Å². The first-order chi connectivity index (χ1) is 21.4. The van der Waals surface area contributed by atoms with Gasteiger partial charge >= 0.3 is 5.97 Å². The number of nitrogens with zero attached hydrogens (tertiary/aromatic N) is 5. The summed E-state index contributed by atoms with van der Waals surface area (Å²) in [5.41, 5.74) is 1.14. The lowest BCUT2D eigenvalue weighted by atomic mass is 9.93. The Hall–Kier alpha value is -3.76. The highest BCUT2D eigenvalue weighted by atomic mass is 16.4. The third kappa shape index (κ3) is 8.24. The van der Waals surface area contributed by atoms with Gasteiger partial charge in [0.15, 0.2) is 0 Å². The lowest BCUT2D eigenvalue weighted by Gasteiger charge is -2.32. The van der Waals surface area contributed by atoms with E-state index in [0.717, 1.165) is 82.6 Å². The van der Waals surface area contributed by atoms with E-state index < -0.39 is 5.97 Å². The van der Waals surface area contributed by atoms with Crippen LogP contribution >= 0.6 is 0 Å². The molecular weight excluding hydrogens is 560 g/mol. The number of aromatic carboxylic acids is 1. The van der Waals surface area contributed by atoms with Crippen LogP contribution in [0.4, 0.5) is 0 Å². The van der Waals surface area contributed by atoms with Crippen LogP contribution in [0.1, 0.15) is 118 Å². The molecule has 5 rings (SSSR count). The van der Waals surface area contributed by atoms with Gasteiger partial charge in [-0.2, -0.15) is 5.10 Å². The SMILES string of the molecule is O=C(O)c1cnn(C2CCN(C(=O)CCCCCCCCCCNC(=O)[C@H]3CC(=O)N(C4CC4)[C@@H]3c3cccnc3)CC2)c1. The maximum absolute atomic E-state index is 13.1. The van der Waals surface area contributed by atoms with Crippen molar-refractivity contribution in [2.45, 2.75) is 108 Å². The molecule has 0 spiro atoms. The minimum atomic E-state index is -0.972. The highest BCUT2D eigenvalue weighted by molar-refractivity contribution is 5.90. The minimum absolute atomic E-state index is 0.0264. The Morgan fingerprint density at radius 2 is 1.61 bits per heavy atom. The van der Waals surface area contributed by atoms with E-state index in [9.17, 15) is 19.2 Å². The number of unbranched alkanes of at least 4 members (excludes halogenated alkanes) is 7. The van der Waals surface area contributed by atoms with Crippen molar-refractivity contribution in [3.05, 3.63) is 48.0 Å². The van der Waals surface area contributed by atoms with Crippen LogP contribution in [0.2, 0.25) is 0 Å². The van der Waals surface area contributed by atoms with E-state index in [1.165, 1.54) is 6.20 Å². The maximum Gasteiger partial charge on any atom is 0.338 e. The molecule has 3 fully saturated rings. The van der Waals surface area contributed by atoms with Crippen molar-refractivity contribution in [2.24, 2.45) is 5.92 Å². The molecule has 1 aliphatic carbocycles. The number of piperidine rings is 1. The maximum atomic E-state index is 13.1. The molecule has 2 saturated heterocycles. The average molecular weight is 607 g/mol. The number of hydrogen-bond acceptors (Lipinski definition) is 6. The van der Waals surface area contributed by atoms with Crippen LogP contribution in [-0.4, -0.2) is 79.0 Å². The normalized spacial score (nSPS) is 20.7. The number of nitrogens with one attached hydrogen (secondary N) is 1. The standard InChI is InChI=1S/C33H46N6O5/c40-29(37-18-14-26(15-19-37)38-23-25(22-36-38)33(43)44)11-7-5-3-1-2-4-6-8-17-35-32(42)28-20-30(41)39(27-12-13-27)31(28)24-10-9-16-34-21-24/h9-10,16,21-23,26-28,31H,1-8,11-15,17-20H2,(H,35,42)(H,43,44)/t28-,31+/m0/s1. The zero-order valence-electron chi connectivity index (χ0n) is 25.6. The van der Waals surface area contributed by atoms with Crippen LogP contribution in [-0.2, 0) is 14.4 Å². The molecule has 11 nitrogen and oxygen atoms in total. The molecule has 2 atom stereocenters. The molecule has 1 saturated carbocycles. The molecule has 4 heterocycles. The number of pyridine rings is 1. The molecule has 11 heteroatoms. The molecule has 0 bridgehead atoms. The van der Waals surface area contributed by atoms with Crippen LogP contribution in [0.15, 0.2) is 36.9 Å². The third-order valence-corrected chi connectivity index (χ3v) is 9.32. The first kappa shape index (κ1) is 31.7. The van der Waals surface area contributed by atoms with Crippen molar-refractivity contribution in [3.63, 3.8) is 0 Å². The van der Waals surface area contributed by atoms with Crippen molar-refractivity contribution >= 4 is 23.7 Å². The second-order valence-corrected chi connectivity index (χ2v) is 12.6. The molecule has 44 heavy (non-hydrogen) atoms. The summed E-state index contributed by atoms with van der Waals surface area (Å²) in [6.45, 7) is 2.02. The summed E-state index contributed by atoms with van der Waals surface area (Å²) in [6, 6.07) is 4.03. The molecule has 3 aliphatic rings. The topological polar surface area (TPSA) is 138 Å². The highest BCUT2D eigenvalue weighted by Crippen LogP contribution is 2.44. The summed E-state index contributed by atoms with van der Waals surface area (Å²) >= 11 is 0. The Bertz CT molecular complexity index is 1270. The fourth-order valence-corrected chi connectivity index (χ4v) is 6.71. The third-order valence-electron chi connectivity index (χ3n) is 9.32. The summed E-state index contributed by atoms with van der Waals surface area (Å²) in [4.78, 5) is 57.7. The zero-order chi connectivity index (χ0) is 30.9. The van der Waals surface area contributed by atoms with Gasteiger partial charge in [-0.25, -0.2) is 4.79 Å². The van der Waals surface area contributed by atoms with Crippen molar-refractivity contribution < 1.29 is 24.3 Å². The molecule has 0 aromatic carbocycles. The second kappa shape index (κ2) is 15.3. The van der Waals surface area contributed by atoms with Gasteiger partial charge in [-0.3, -0.25) is 24.0 Å². The van der Waals surface area contributed by atoms with E-state index in [4.69, 9.17) is 5.11 Å². The largest absolute Gasteiger partial charge is 0.478 e. The van der Waals surface area contributed by atoms with Crippen molar-refractivity contribution in [1.29, 1.82) is 0 Å². The van der Waals surface area contributed by atoms with Gasteiger partial charge in [0.2, 0.25) is 17.7 Å². The van der Waals surface area contributed by atoms with E-state index in [1.807, 2.05) is 21.9 Å². The first-order valence-electron chi connectivity index (χ1n) is 16.5. The number of aromatic nitrogens is 3. The zero-order valence-corrected chi connectivity index (χ0v) is 25.6. The highest BCUT2D eigenvalue weighted by Gasteiger charge is 2.49. The first-order valence-corrected chi connectivity index (χ1v) is 16.5. The fourth-order valence-electron chi connectivity index (χ4n) is 6.71.